The summed E-state index contributed by atoms with van der Waals surface area (Å²) >= 11 is 0. The van der Waals surface area contributed by atoms with E-state index in [0.717, 1.165) is 0 Å². The lowest BCUT2D eigenvalue weighted by atomic mass is 9.95. The molecule has 7 fully saturated rings. The Kier molecular flexibility index (Phi) is 23.9. The molecule has 2 aromatic rings. The molecule has 22 N–H and O–H groups in total. The van der Waals surface area contributed by atoms with E-state index >= 15 is 0 Å². The monoisotopic (exact) mass is 1310 g/mol. The summed E-state index contributed by atoms with van der Waals surface area (Å²) < 4.78 is 84.3. The van der Waals surface area contributed by atoms with E-state index in [9.17, 15) is 117 Å². The molecule has 1 aromatic heterocycles. The van der Waals surface area contributed by atoms with Crippen molar-refractivity contribution in [3.05, 3.63) is 40.2 Å². The largest absolute Gasteiger partial charge is 0.462 e. The fourth-order valence-corrected chi connectivity index (χ4v) is 11.6. The zero-order valence-electron chi connectivity index (χ0n) is 47.3. The SMILES string of the molecule is Cc1cc(=O)oc2cc(O[C@@H]3OC(CO)[C@@H](O[C@@H]4OC(CO)[C@@H](O[C@@H]5OC(CO)[C@@H](O[C@@H]6OC(CO)[C@@H](O[C@@H]7OC(CO)[C@@H](O[C@@H]8OC(CO)[C@@H](O[C@@H]9OC(CO)[C@@H](O)[C@H](O)C9O)[C@H](O)C8O)[C@H](O)C7O)[C@H](O)C6O)[C@H](O)C5O)[C@H](O)C4O)[C@H](O)C3O)ccc12. The molecule has 7 aliphatic heterocycles. The summed E-state index contributed by atoms with van der Waals surface area (Å²) in [5, 5.41) is 238. The highest BCUT2D eigenvalue weighted by atomic mass is 16.8. The third-order valence-electron chi connectivity index (χ3n) is 16.7. The molecule has 0 saturated carbocycles. The predicted molar refractivity (Wildman–Crippen MR) is 277 cm³/mol. The minimum absolute atomic E-state index is 0.0205. The maximum atomic E-state index is 12.0. The third-order valence-corrected chi connectivity index (χ3v) is 16.7. The summed E-state index contributed by atoms with van der Waals surface area (Å²) in [7, 11) is 0. The van der Waals surface area contributed by atoms with E-state index in [4.69, 9.17) is 70.7 Å². The number of ether oxygens (including phenoxy) is 14. The van der Waals surface area contributed by atoms with Crippen molar-refractivity contribution in [1.82, 2.24) is 0 Å². The number of aliphatic hydroxyl groups excluding tert-OH is 22. The molecule has 8 heterocycles. The molecule has 0 amide bonds. The van der Waals surface area contributed by atoms with Crippen LogP contribution in [0.2, 0.25) is 0 Å². The van der Waals surface area contributed by atoms with Gasteiger partial charge in [0, 0.05) is 17.5 Å². The summed E-state index contributed by atoms with van der Waals surface area (Å²) in [6, 6.07) is 5.64. The topological polar surface area (TPSA) is 604 Å². The smallest absolute Gasteiger partial charge is 0.336 e. The molecule has 9 rings (SSSR count). The number of aliphatic hydroxyl groups is 22. The van der Waals surface area contributed by atoms with Gasteiger partial charge in [0.15, 0.2) is 37.7 Å². The minimum Gasteiger partial charge on any atom is -0.462 e. The van der Waals surface area contributed by atoms with Crippen molar-refractivity contribution < 1.29 is 183 Å². The quantitative estimate of drug-likeness (QED) is 0.0516. The fourth-order valence-electron chi connectivity index (χ4n) is 11.6. The molecule has 7 aliphatic rings. The Morgan fingerprint density at radius 1 is 0.322 bits per heavy atom. The third kappa shape index (κ3) is 14.3. The molecule has 7 saturated heterocycles. The Labute approximate surface area is 507 Å². The highest BCUT2D eigenvalue weighted by Gasteiger charge is 2.59. The van der Waals surface area contributed by atoms with Crippen molar-refractivity contribution in [2.45, 2.75) is 222 Å². The van der Waals surface area contributed by atoms with Crippen LogP contribution in [0.25, 0.3) is 11.0 Å². The van der Waals surface area contributed by atoms with Gasteiger partial charge in [-0.2, -0.15) is 0 Å². The zero-order valence-corrected chi connectivity index (χ0v) is 47.3. The van der Waals surface area contributed by atoms with Crippen LogP contribution in [0.15, 0.2) is 33.5 Å². The van der Waals surface area contributed by atoms with Crippen LogP contribution in [-0.4, -0.2) is 374 Å². The number of hydrogen-bond acceptors (Lipinski definition) is 38. The standard InChI is InChI=1S/C52H78O38/c1-13-4-24(60)77-16-5-14(2-3-15(13)16)76-46-34(70)27(63)40(18(7-54)79-46)86-48-36(72)29(65)42(20(9-56)81-48)88-50-38(74)31(67)44(22(11-58)83-50)90-52-39(75)32(68)45(23(12-59)84-52)89-51-37(73)30(66)43(21(10-57)82-51)87-49-35(71)28(64)41(19(8-55)80-49)85-47-33(69)26(62)25(61)17(6-53)78-47/h2-5,17-23,25-59,61-75H,6-12H2,1H3/t17?,18?,19?,20?,21?,22?,23?,25-,26+,27-,28-,29-,30-,31-,32-,33?,34?,35?,36?,37?,38?,39?,40-,41-,42-,43-,44-,45-,46-,47+,48+,49+,50+,51+,52+/m1/s1. The number of benzene rings is 1. The van der Waals surface area contributed by atoms with Crippen LogP contribution in [0.4, 0.5) is 0 Å². The number of aryl methyl sites for hydroxylation is 1. The predicted octanol–water partition coefficient (Wildman–Crippen LogP) is -13.8. The Morgan fingerprint density at radius 2 is 0.578 bits per heavy atom. The van der Waals surface area contributed by atoms with Gasteiger partial charge in [-0.05, 0) is 24.6 Å². The van der Waals surface area contributed by atoms with Crippen molar-refractivity contribution in [2.24, 2.45) is 0 Å². The van der Waals surface area contributed by atoms with E-state index in [-0.39, 0.29) is 11.3 Å². The molecule has 0 radical (unpaired) electrons. The highest BCUT2D eigenvalue weighted by Crippen LogP contribution is 2.38. The van der Waals surface area contributed by atoms with Gasteiger partial charge in [0.2, 0.25) is 6.29 Å². The molecule has 14 unspecified atom stereocenters. The van der Waals surface area contributed by atoms with Crippen LogP contribution in [-0.2, 0) is 61.6 Å². The minimum atomic E-state index is -2.25. The van der Waals surface area contributed by atoms with Gasteiger partial charge in [-0.15, -0.1) is 0 Å². The molecular formula is C52H78O38. The van der Waals surface area contributed by atoms with Crippen LogP contribution >= 0.6 is 0 Å². The molecule has 514 valence electrons. The van der Waals surface area contributed by atoms with E-state index in [0.29, 0.717) is 10.9 Å². The van der Waals surface area contributed by atoms with Crippen molar-refractivity contribution in [3.63, 3.8) is 0 Å². The van der Waals surface area contributed by atoms with Gasteiger partial charge in [0.05, 0.1) is 46.2 Å². The Balaban J connectivity index is 0.782. The summed E-state index contributed by atoms with van der Waals surface area (Å²) in [6.45, 7) is -5.27. The Bertz CT molecular complexity index is 2630. The van der Waals surface area contributed by atoms with E-state index in [2.05, 4.69) is 0 Å². The Hall–Kier alpha value is -3.17. The van der Waals surface area contributed by atoms with Gasteiger partial charge in [-0.25, -0.2) is 4.79 Å². The van der Waals surface area contributed by atoms with Gasteiger partial charge < -0.3 is 183 Å². The molecule has 90 heavy (non-hydrogen) atoms. The van der Waals surface area contributed by atoms with E-state index in [1.165, 1.54) is 18.2 Å². The lowest BCUT2D eigenvalue weighted by molar-refractivity contribution is -0.397. The van der Waals surface area contributed by atoms with E-state index in [1.54, 1.807) is 13.0 Å². The number of rotatable bonds is 21. The first-order chi connectivity index (χ1) is 42.8. The maximum Gasteiger partial charge on any atom is 0.336 e. The first-order valence-corrected chi connectivity index (χ1v) is 28.5. The van der Waals surface area contributed by atoms with Crippen LogP contribution in [0.1, 0.15) is 5.56 Å². The van der Waals surface area contributed by atoms with Gasteiger partial charge in [-0.3, -0.25) is 0 Å². The average molecular weight is 1310 g/mol. The summed E-state index contributed by atoms with van der Waals surface area (Å²) in [5.74, 6) is 0.0205. The van der Waals surface area contributed by atoms with Gasteiger partial charge in [-0.1, -0.05) is 0 Å². The van der Waals surface area contributed by atoms with Crippen molar-refractivity contribution in [1.29, 1.82) is 0 Å². The van der Waals surface area contributed by atoms with Crippen LogP contribution in [0.3, 0.4) is 0 Å². The van der Waals surface area contributed by atoms with Crippen molar-refractivity contribution in [2.75, 3.05) is 46.2 Å². The Morgan fingerprint density at radius 3 is 0.867 bits per heavy atom. The molecule has 35 atom stereocenters. The molecule has 0 bridgehead atoms. The van der Waals surface area contributed by atoms with E-state index < -0.39 is 267 Å². The van der Waals surface area contributed by atoms with Crippen molar-refractivity contribution >= 4 is 11.0 Å². The normalized spacial score (nSPS) is 47.9. The maximum absolute atomic E-state index is 12.0. The van der Waals surface area contributed by atoms with Crippen LogP contribution in [0.5, 0.6) is 5.75 Å². The number of hydrogen-bond donors (Lipinski definition) is 22. The summed E-state index contributed by atoms with van der Waals surface area (Å²) in [5.41, 5.74) is 0.0942. The molecular weight excluding hydrogens is 1230 g/mol. The molecule has 38 heteroatoms. The van der Waals surface area contributed by atoms with Gasteiger partial charge in [0.1, 0.15) is 182 Å². The first kappa shape index (κ1) is 71.1. The summed E-state index contributed by atoms with van der Waals surface area (Å²) in [4.78, 5) is 12.0. The van der Waals surface area contributed by atoms with Crippen LogP contribution in [0, 0.1) is 6.92 Å². The fraction of sp³-hybridized carbons (Fsp3) is 0.827. The zero-order chi connectivity index (χ0) is 65.5. The lowest BCUT2D eigenvalue weighted by Gasteiger charge is -2.50. The second kappa shape index (κ2) is 30.3. The van der Waals surface area contributed by atoms with Gasteiger partial charge in [0.25, 0.3) is 0 Å². The van der Waals surface area contributed by atoms with Crippen molar-refractivity contribution in [3.8, 4) is 5.75 Å². The second-order valence-corrected chi connectivity index (χ2v) is 22.6. The lowest BCUT2D eigenvalue weighted by Crippen LogP contribution is -2.68. The molecule has 0 aliphatic carbocycles. The van der Waals surface area contributed by atoms with Gasteiger partial charge >= 0.3 is 5.63 Å². The molecule has 1 aromatic carbocycles. The van der Waals surface area contributed by atoms with E-state index in [1.807, 2.05) is 0 Å². The first-order valence-electron chi connectivity index (χ1n) is 28.5. The average Bonchev–Trinajstić information content (AvgIpc) is 0.906. The van der Waals surface area contributed by atoms with Crippen LogP contribution < -0.4 is 10.4 Å². The summed E-state index contributed by atoms with van der Waals surface area (Å²) in [6.07, 6.45) is -67.7. The second-order valence-electron chi connectivity index (χ2n) is 22.6. The molecule has 38 nitrogen and oxygen atoms in total. The molecule has 0 spiro atoms. The highest BCUT2D eigenvalue weighted by molar-refractivity contribution is 5.81. The number of fused-ring (bicyclic) bond motifs is 1.